The second-order valence-corrected chi connectivity index (χ2v) is 7.73. The van der Waals surface area contributed by atoms with Crippen LogP contribution in [0, 0.1) is 0 Å². The van der Waals surface area contributed by atoms with Gasteiger partial charge in [-0.15, -0.1) is 11.3 Å². The maximum Gasteiger partial charge on any atom is 0.151 e. The lowest BCUT2D eigenvalue weighted by atomic mass is 9.99. The SMILES string of the molecule is CCC(C)c1ccc(OCCn2c(-c3cccs3)nc3ccccc32)cc1. The van der Waals surface area contributed by atoms with E-state index in [0.29, 0.717) is 12.5 Å². The highest BCUT2D eigenvalue weighted by Crippen LogP contribution is 2.28. The maximum absolute atomic E-state index is 6.02. The molecule has 1 atom stereocenters. The third-order valence-corrected chi connectivity index (χ3v) is 5.91. The molecule has 4 aromatic rings. The van der Waals surface area contributed by atoms with E-state index < -0.39 is 0 Å². The number of thiophene rings is 1. The normalized spacial score (nSPS) is 12.4. The number of hydrogen-bond donors (Lipinski definition) is 0. The van der Waals surface area contributed by atoms with Crippen LogP contribution in [0.15, 0.2) is 66.0 Å². The lowest BCUT2D eigenvalue weighted by Crippen LogP contribution is -2.09. The summed E-state index contributed by atoms with van der Waals surface area (Å²) in [6, 6.07) is 21.0. The minimum absolute atomic E-state index is 0.588. The predicted molar refractivity (Wildman–Crippen MR) is 114 cm³/mol. The molecule has 0 fully saturated rings. The van der Waals surface area contributed by atoms with Crippen LogP contribution in [0.2, 0.25) is 0 Å². The van der Waals surface area contributed by atoms with Crippen LogP contribution in [-0.2, 0) is 6.54 Å². The van der Waals surface area contributed by atoms with Gasteiger partial charge in [-0.05, 0) is 53.6 Å². The van der Waals surface area contributed by atoms with E-state index in [9.17, 15) is 0 Å². The van der Waals surface area contributed by atoms with E-state index >= 15 is 0 Å². The van der Waals surface area contributed by atoms with Crippen molar-refractivity contribution in [2.24, 2.45) is 0 Å². The van der Waals surface area contributed by atoms with E-state index in [1.165, 1.54) is 10.4 Å². The third kappa shape index (κ3) is 3.76. The van der Waals surface area contributed by atoms with Crippen LogP contribution >= 0.6 is 11.3 Å². The van der Waals surface area contributed by atoms with E-state index in [1.54, 1.807) is 11.3 Å². The van der Waals surface area contributed by atoms with Crippen molar-refractivity contribution in [2.45, 2.75) is 32.7 Å². The second kappa shape index (κ2) is 7.97. The number of nitrogens with zero attached hydrogens (tertiary/aromatic N) is 2. The van der Waals surface area contributed by atoms with E-state index in [-0.39, 0.29) is 0 Å². The number of fused-ring (bicyclic) bond motifs is 1. The molecule has 2 aromatic carbocycles. The zero-order valence-corrected chi connectivity index (χ0v) is 16.6. The Balaban J connectivity index is 1.51. The Morgan fingerprint density at radius 1 is 1.04 bits per heavy atom. The highest BCUT2D eigenvalue weighted by atomic mass is 32.1. The smallest absolute Gasteiger partial charge is 0.151 e. The van der Waals surface area contributed by atoms with Gasteiger partial charge in [-0.3, -0.25) is 0 Å². The molecule has 0 aliphatic heterocycles. The van der Waals surface area contributed by atoms with Crippen LogP contribution in [-0.4, -0.2) is 16.2 Å². The van der Waals surface area contributed by atoms with Crippen LogP contribution in [0.1, 0.15) is 31.7 Å². The highest BCUT2D eigenvalue weighted by molar-refractivity contribution is 7.13. The number of rotatable bonds is 7. The molecule has 0 saturated heterocycles. The number of ether oxygens (including phenoxy) is 1. The first-order valence-electron chi connectivity index (χ1n) is 9.48. The Labute approximate surface area is 164 Å². The summed E-state index contributed by atoms with van der Waals surface area (Å²) in [4.78, 5) is 6.02. The zero-order valence-electron chi connectivity index (χ0n) is 15.8. The first-order chi connectivity index (χ1) is 13.3. The fourth-order valence-corrected chi connectivity index (χ4v) is 4.00. The van der Waals surface area contributed by atoms with Crippen molar-refractivity contribution < 1.29 is 4.74 Å². The van der Waals surface area contributed by atoms with Crippen molar-refractivity contribution in [3.8, 4) is 16.5 Å². The molecule has 27 heavy (non-hydrogen) atoms. The largest absolute Gasteiger partial charge is 0.492 e. The predicted octanol–water partition coefficient (Wildman–Crippen LogP) is 6.36. The molecule has 2 aromatic heterocycles. The molecule has 138 valence electrons. The van der Waals surface area contributed by atoms with E-state index in [0.717, 1.165) is 35.6 Å². The fourth-order valence-electron chi connectivity index (χ4n) is 3.28. The molecule has 1 unspecified atom stereocenters. The van der Waals surface area contributed by atoms with Gasteiger partial charge >= 0.3 is 0 Å². The van der Waals surface area contributed by atoms with Gasteiger partial charge < -0.3 is 9.30 Å². The van der Waals surface area contributed by atoms with Crippen molar-refractivity contribution in [3.63, 3.8) is 0 Å². The van der Waals surface area contributed by atoms with Crippen LogP contribution in [0.4, 0.5) is 0 Å². The summed E-state index contributed by atoms with van der Waals surface area (Å²) in [7, 11) is 0. The molecule has 0 spiro atoms. The van der Waals surface area contributed by atoms with Gasteiger partial charge in [-0.2, -0.15) is 0 Å². The second-order valence-electron chi connectivity index (χ2n) is 6.78. The highest BCUT2D eigenvalue weighted by Gasteiger charge is 2.13. The average Bonchev–Trinajstić information content (AvgIpc) is 3.36. The van der Waals surface area contributed by atoms with Crippen molar-refractivity contribution >= 4 is 22.4 Å². The Bertz CT molecular complexity index is 1000. The van der Waals surface area contributed by atoms with E-state index in [4.69, 9.17) is 9.72 Å². The Kier molecular flexibility index (Phi) is 5.26. The van der Waals surface area contributed by atoms with Gasteiger partial charge in [-0.1, -0.05) is 44.2 Å². The Morgan fingerprint density at radius 3 is 2.59 bits per heavy atom. The molecule has 0 aliphatic carbocycles. The van der Waals surface area contributed by atoms with Crippen molar-refractivity contribution in [3.05, 3.63) is 71.6 Å². The number of para-hydroxylation sites is 2. The first-order valence-corrected chi connectivity index (χ1v) is 10.4. The molecule has 2 heterocycles. The first kappa shape index (κ1) is 17.8. The molecule has 0 aliphatic rings. The van der Waals surface area contributed by atoms with Crippen LogP contribution in [0.3, 0.4) is 0 Å². The zero-order chi connectivity index (χ0) is 18.6. The molecule has 0 N–H and O–H groups in total. The lowest BCUT2D eigenvalue weighted by Gasteiger charge is -2.12. The van der Waals surface area contributed by atoms with Crippen LogP contribution in [0.25, 0.3) is 21.7 Å². The monoisotopic (exact) mass is 376 g/mol. The number of aromatic nitrogens is 2. The minimum atomic E-state index is 0.588. The van der Waals surface area contributed by atoms with E-state index in [1.807, 2.05) is 6.07 Å². The minimum Gasteiger partial charge on any atom is -0.492 e. The Morgan fingerprint density at radius 2 is 1.85 bits per heavy atom. The molecule has 0 amide bonds. The van der Waals surface area contributed by atoms with Gasteiger partial charge in [0, 0.05) is 0 Å². The molecule has 4 heteroatoms. The number of benzene rings is 2. The molecule has 0 bridgehead atoms. The topological polar surface area (TPSA) is 27.1 Å². The summed E-state index contributed by atoms with van der Waals surface area (Å²) in [5.74, 6) is 2.52. The van der Waals surface area contributed by atoms with Gasteiger partial charge in [0.2, 0.25) is 0 Å². The van der Waals surface area contributed by atoms with Gasteiger partial charge in [-0.25, -0.2) is 4.98 Å². The maximum atomic E-state index is 6.02. The lowest BCUT2D eigenvalue weighted by molar-refractivity contribution is 0.301. The van der Waals surface area contributed by atoms with Gasteiger partial charge in [0.25, 0.3) is 0 Å². The fraction of sp³-hybridized carbons (Fsp3) is 0.261. The summed E-state index contributed by atoms with van der Waals surface area (Å²) in [5, 5.41) is 2.09. The standard InChI is InChI=1S/C23H24N2OS/c1-3-17(2)18-10-12-19(13-11-18)26-15-14-25-21-8-5-4-7-20(21)24-23(25)22-9-6-16-27-22/h4-13,16-17H,3,14-15H2,1-2H3. The van der Waals surface area contributed by atoms with Gasteiger partial charge in [0.15, 0.2) is 5.82 Å². The van der Waals surface area contributed by atoms with Crippen molar-refractivity contribution in [1.82, 2.24) is 9.55 Å². The molecule has 4 rings (SSSR count). The Hall–Kier alpha value is -2.59. The van der Waals surface area contributed by atoms with Gasteiger partial charge in [0.1, 0.15) is 12.4 Å². The molecular formula is C23H24N2OS. The molecule has 0 radical (unpaired) electrons. The summed E-state index contributed by atoms with van der Waals surface area (Å²) < 4.78 is 8.28. The third-order valence-electron chi connectivity index (χ3n) is 5.04. The van der Waals surface area contributed by atoms with Gasteiger partial charge in [0.05, 0.1) is 22.5 Å². The molecule has 0 saturated carbocycles. The summed E-state index contributed by atoms with van der Waals surface area (Å²) in [6.07, 6.45) is 1.15. The average molecular weight is 377 g/mol. The van der Waals surface area contributed by atoms with Crippen molar-refractivity contribution in [1.29, 1.82) is 0 Å². The summed E-state index contributed by atoms with van der Waals surface area (Å²) >= 11 is 1.72. The van der Waals surface area contributed by atoms with Crippen molar-refractivity contribution in [2.75, 3.05) is 6.61 Å². The molecular weight excluding hydrogens is 352 g/mol. The van der Waals surface area contributed by atoms with Crippen LogP contribution in [0.5, 0.6) is 5.75 Å². The quantitative estimate of drug-likeness (QED) is 0.375. The number of imidazole rings is 1. The van der Waals surface area contributed by atoms with Crippen LogP contribution < -0.4 is 4.74 Å². The van der Waals surface area contributed by atoms with E-state index in [2.05, 4.69) is 78.4 Å². The number of hydrogen-bond acceptors (Lipinski definition) is 3. The molecule has 3 nitrogen and oxygen atoms in total. The summed E-state index contributed by atoms with van der Waals surface area (Å²) in [5.41, 5.74) is 3.54. The summed E-state index contributed by atoms with van der Waals surface area (Å²) in [6.45, 7) is 5.85.